The smallest absolute Gasteiger partial charge is 0.00795 e. The molecule has 2 rings (SSSR count). The fourth-order valence-corrected chi connectivity index (χ4v) is 4.46. The summed E-state index contributed by atoms with van der Waals surface area (Å²) in [7, 11) is 0. The molecule has 1 aromatic rings. The Morgan fingerprint density at radius 3 is 2.65 bits per heavy atom. The van der Waals surface area contributed by atoms with Crippen molar-refractivity contribution in [2.45, 2.75) is 52.9 Å². The molecule has 3 atom stereocenters. The second-order valence-electron chi connectivity index (χ2n) is 7.25. The minimum atomic E-state index is 0.752. The molecular weight excluding hydrogens is 262 g/mol. The number of nitrogens with one attached hydrogen (secondary N) is 1. The van der Waals surface area contributed by atoms with Crippen LogP contribution in [-0.2, 0) is 0 Å². The van der Waals surface area contributed by atoms with Gasteiger partial charge in [0.15, 0.2) is 0 Å². The van der Waals surface area contributed by atoms with Gasteiger partial charge in [0, 0.05) is 4.88 Å². The monoisotopic (exact) mass is 293 g/mol. The molecule has 0 spiro atoms. The summed E-state index contributed by atoms with van der Waals surface area (Å²) in [6.45, 7) is 11.7. The lowest BCUT2D eigenvalue weighted by atomic mass is 9.70. The van der Waals surface area contributed by atoms with Crippen molar-refractivity contribution in [1.82, 2.24) is 5.32 Å². The molecule has 0 amide bonds. The third-order valence-corrected chi connectivity index (χ3v) is 5.85. The van der Waals surface area contributed by atoms with Crippen LogP contribution in [0.2, 0.25) is 0 Å². The van der Waals surface area contributed by atoms with E-state index in [4.69, 9.17) is 0 Å². The van der Waals surface area contributed by atoms with E-state index in [1.54, 1.807) is 4.88 Å². The number of hydrogen-bond donors (Lipinski definition) is 1. The predicted molar refractivity (Wildman–Crippen MR) is 90.4 cm³/mol. The highest BCUT2D eigenvalue weighted by Crippen LogP contribution is 2.44. The number of hydrogen-bond acceptors (Lipinski definition) is 2. The van der Waals surface area contributed by atoms with Crippen molar-refractivity contribution in [3.63, 3.8) is 0 Å². The van der Waals surface area contributed by atoms with E-state index in [1.165, 1.54) is 25.8 Å². The van der Waals surface area contributed by atoms with Gasteiger partial charge in [-0.2, -0.15) is 0 Å². The van der Waals surface area contributed by atoms with Crippen molar-refractivity contribution in [2.24, 2.45) is 23.7 Å². The molecule has 0 bridgehead atoms. The Morgan fingerprint density at radius 1 is 1.25 bits per heavy atom. The van der Waals surface area contributed by atoms with Crippen LogP contribution in [0.4, 0.5) is 0 Å². The van der Waals surface area contributed by atoms with Crippen LogP contribution in [-0.4, -0.2) is 13.1 Å². The first kappa shape index (κ1) is 16.0. The first-order valence-electron chi connectivity index (χ1n) is 8.32. The van der Waals surface area contributed by atoms with Gasteiger partial charge in [-0.3, -0.25) is 0 Å². The second kappa shape index (κ2) is 7.61. The average molecular weight is 294 g/mol. The van der Waals surface area contributed by atoms with Crippen LogP contribution in [0.15, 0.2) is 17.5 Å². The zero-order chi connectivity index (χ0) is 14.5. The van der Waals surface area contributed by atoms with Gasteiger partial charge in [0.25, 0.3) is 0 Å². The van der Waals surface area contributed by atoms with Crippen LogP contribution in [0.1, 0.15) is 57.8 Å². The summed E-state index contributed by atoms with van der Waals surface area (Å²) in [5, 5.41) is 5.94. The quantitative estimate of drug-likeness (QED) is 0.765. The van der Waals surface area contributed by atoms with Gasteiger partial charge >= 0.3 is 0 Å². The lowest BCUT2D eigenvalue weighted by Crippen LogP contribution is -2.34. The molecule has 1 nitrogen and oxygen atoms in total. The summed E-state index contributed by atoms with van der Waals surface area (Å²) in [6.07, 6.45) is 4.22. The molecule has 0 aliphatic heterocycles. The number of rotatable bonds is 6. The van der Waals surface area contributed by atoms with E-state index in [-0.39, 0.29) is 0 Å². The Bertz CT molecular complexity index is 367. The van der Waals surface area contributed by atoms with Crippen molar-refractivity contribution in [3.05, 3.63) is 22.4 Å². The van der Waals surface area contributed by atoms with Crippen molar-refractivity contribution < 1.29 is 0 Å². The average Bonchev–Trinajstić information content (AvgIpc) is 2.92. The maximum absolute atomic E-state index is 3.70. The minimum absolute atomic E-state index is 0.752. The molecule has 0 aromatic carbocycles. The molecule has 1 aromatic heterocycles. The van der Waals surface area contributed by atoms with Gasteiger partial charge in [-0.05, 0) is 73.4 Å². The molecule has 20 heavy (non-hydrogen) atoms. The fraction of sp³-hybridized carbons (Fsp3) is 0.778. The molecular formula is C18H31NS. The lowest BCUT2D eigenvalue weighted by Gasteiger charge is -2.38. The third-order valence-electron chi connectivity index (χ3n) is 4.84. The topological polar surface area (TPSA) is 12.0 Å². The highest BCUT2D eigenvalue weighted by atomic mass is 32.1. The minimum Gasteiger partial charge on any atom is -0.316 e. The molecule has 3 unspecified atom stereocenters. The van der Waals surface area contributed by atoms with Crippen LogP contribution in [0.25, 0.3) is 0 Å². The summed E-state index contributed by atoms with van der Waals surface area (Å²) in [6, 6.07) is 4.57. The summed E-state index contributed by atoms with van der Waals surface area (Å²) in [4.78, 5) is 1.62. The van der Waals surface area contributed by atoms with Crippen molar-refractivity contribution in [2.75, 3.05) is 13.1 Å². The SMILES string of the molecule is CC(C)CNCC1CCC(C(C)C)CC1c1cccs1. The zero-order valence-corrected chi connectivity index (χ0v) is 14.4. The fourth-order valence-electron chi connectivity index (χ4n) is 3.52. The van der Waals surface area contributed by atoms with E-state index < -0.39 is 0 Å². The van der Waals surface area contributed by atoms with E-state index in [0.29, 0.717) is 0 Å². The summed E-state index contributed by atoms with van der Waals surface area (Å²) in [5.74, 6) is 4.13. The molecule has 1 aliphatic rings. The van der Waals surface area contributed by atoms with Crippen LogP contribution < -0.4 is 5.32 Å². The summed E-state index contributed by atoms with van der Waals surface area (Å²) < 4.78 is 0. The Labute approximate surface area is 129 Å². The molecule has 1 heterocycles. The Hall–Kier alpha value is -0.340. The highest BCUT2D eigenvalue weighted by molar-refractivity contribution is 7.10. The van der Waals surface area contributed by atoms with Crippen molar-refractivity contribution >= 4 is 11.3 Å². The Balaban J connectivity index is 1.98. The molecule has 2 heteroatoms. The predicted octanol–water partition coefficient (Wildman–Crippen LogP) is 5.15. The first-order chi connectivity index (χ1) is 9.58. The van der Waals surface area contributed by atoms with Gasteiger partial charge in [0.05, 0.1) is 0 Å². The Kier molecular flexibility index (Phi) is 6.10. The van der Waals surface area contributed by atoms with Gasteiger partial charge < -0.3 is 5.32 Å². The van der Waals surface area contributed by atoms with Crippen LogP contribution >= 0.6 is 11.3 Å². The molecule has 0 saturated heterocycles. The van der Waals surface area contributed by atoms with Crippen LogP contribution in [0, 0.1) is 23.7 Å². The molecule has 1 aliphatic carbocycles. The maximum Gasteiger partial charge on any atom is 0.00795 e. The van der Waals surface area contributed by atoms with E-state index in [9.17, 15) is 0 Å². The third kappa shape index (κ3) is 4.33. The van der Waals surface area contributed by atoms with E-state index in [0.717, 1.165) is 36.1 Å². The molecule has 1 saturated carbocycles. The molecule has 0 radical (unpaired) electrons. The molecule has 114 valence electrons. The zero-order valence-electron chi connectivity index (χ0n) is 13.6. The second-order valence-corrected chi connectivity index (χ2v) is 8.23. The van der Waals surface area contributed by atoms with E-state index in [1.807, 2.05) is 11.3 Å². The van der Waals surface area contributed by atoms with Crippen molar-refractivity contribution in [1.29, 1.82) is 0 Å². The number of thiophene rings is 1. The normalized spacial score (nSPS) is 27.4. The van der Waals surface area contributed by atoms with E-state index >= 15 is 0 Å². The molecule has 1 fully saturated rings. The Morgan fingerprint density at radius 2 is 2.05 bits per heavy atom. The first-order valence-corrected chi connectivity index (χ1v) is 9.20. The van der Waals surface area contributed by atoms with Crippen LogP contribution in [0.5, 0.6) is 0 Å². The summed E-state index contributed by atoms with van der Waals surface area (Å²) >= 11 is 1.96. The largest absolute Gasteiger partial charge is 0.316 e. The van der Waals surface area contributed by atoms with E-state index in [2.05, 4.69) is 50.5 Å². The van der Waals surface area contributed by atoms with Crippen LogP contribution in [0.3, 0.4) is 0 Å². The van der Waals surface area contributed by atoms with Gasteiger partial charge in [-0.25, -0.2) is 0 Å². The van der Waals surface area contributed by atoms with Crippen molar-refractivity contribution in [3.8, 4) is 0 Å². The lowest BCUT2D eigenvalue weighted by molar-refractivity contribution is 0.191. The summed E-state index contributed by atoms with van der Waals surface area (Å²) in [5.41, 5.74) is 0. The van der Waals surface area contributed by atoms with Gasteiger partial charge in [-0.15, -0.1) is 11.3 Å². The van der Waals surface area contributed by atoms with Gasteiger partial charge in [-0.1, -0.05) is 33.8 Å². The highest BCUT2D eigenvalue weighted by Gasteiger charge is 2.32. The molecule has 1 N–H and O–H groups in total. The standard InChI is InChI=1S/C18H31NS/c1-13(2)11-19-12-16-8-7-15(14(3)4)10-17(16)18-6-5-9-20-18/h5-6,9,13-17,19H,7-8,10-12H2,1-4H3. The van der Waals surface area contributed by atoms with Gasteiger partial charge in [0.2, 0.25) is 0 Å². The maximum atomic E-state index is 3.70. The van der Waals surface area contributed by atoms with Gasteiger partial charge in [0.1, 0.15) is 0 Å².